The summed E-state index contributed by atoms with van der Waals surface area (Å²) in [5.41, 5.74) is 5.28. The lowest BCUT2D eigenvalue weighted by molar-refractivity contribution is 0.168. The number of nitrogens with one attached hydrogen (secondary N) is 2. The van der Waals surface area contributed by atoms with E-state index >= 15 is 0 Å². The van der Waals surface area contributed by atoms with Crippen molar-refractivity contribution in [3.8, 4) is 0 Å². The lowest BCUT2D eigenvalue weighted by Crippen LogP contribution is -2.53. The highest BCUT2D eigenvalue weighted by atomic mass is 35.5. The van der Waals surface area contributed by atoms with Crippen molar-refractivity contribution < 1.29 is 4.74 Å². The summed E-state index contributed by atoms with van der Waals surface area (Å²) in [6, 6.07) is 12.7. The van der Waals surface area contributed by atoms with Crippen LogP contribution >= 0.6 is 11.6 Å². The molecule has 4 rings (SSSR count). The van der Waals surface area contributed by atoms with E-state index < -0.39 is 0 Å². The van der Waals surface area contributed by atoms with Crippen molar-refractivity contribution in [3.05, 3.63) is 52.5 Å². The molecule has 5 nitrogen and oxygen atoms in total. The molecule has 1 unspecified atom stereocenters. The SMILES string of the molecule is COCCC1CN(C2=Nc3cc(Cl)ccc3Nc3ccc(C)cc32)CCN1. The number of rotatable bonds is 3. The van der Waals surface area contributed by atoms with Gasteiger partial charge >= 0.3 is 0 Å². The molecule has 6 heteroatoms. The Kier molecular flexibility index (Phi) is 5.34. The van der Waals surface area contributed by atoms with Crippen LogP contribution in [0.4, 0.5) is 17.1 Å². The molecular formula is C21H25ClN4O. The van der Waals surface area contributed by atoms with Gasteiger partial charge in [-0.25, -0.2) is 4.99 Å². The summed E-state index contributed by atoms with van der Waals surface area (Å²) in [7, 11) is 1.75. The van der Waals surface area contributed by atoms with Crippen LogP contribution in [0, 0.1) is 6.92 Å². The average molecular weight is 385 g/mol. The zero-order valence-corrected chi connectivity index (χ0v) is 16.5. The number of aryl methyl sites for hydroxylation is 1. The number of ether oxygens (including phenoxy) is 1. The molecule has 1 saturated heterocycles. The number of benzene rings is 2. The van der Waals surface area contributed by atoms with Gasteiger partial charge in [-0.05, 0) is 43.7 Å². The molecule has 2 aliphatic heterocycles. The highest BCUT2D eigenvalue weighted by Crippen LogP contribution is 2.37. The number of amidine groups is 1. The van der Waals surface area contributed by atoms with Crippen molar-refractivity contribution in [3.63, 3.8) is 0 Å². The van der Waals surface area contributed by atoms with Crippen LogP contribution in [0.2, 0.25) is 5.02 Å². The van der Waals surface area contributed by atoms with E-state index in [1.165, 1.54) is 5.56 Å². The predicted octanol–water partition coefficient (Wildman–Crippen LogP) is 4.09. The van der Waals surface area contributed by atoms with Crippen molar-refractivity contribution in [2.24, 2.45) is 4.99 Å². The van der Waals surface area contributed by atoms with E-state index in [9.17, 15) is 0 Å². The van der Waals surface area contributed by atoms with Gasteiger partial charge in [0.1, 0.15) is 5.84 Å². The lowest BCUT2D eigenvalue weighted by atomic mass is 10.1. The molecule has 2 N–H and O–H groups in total. The zero-order chi connectivity index (χ0) is 18.8. The molecule has 1 fully saturated rings. The van der Waals surface area contributed by atoms with E-state index in [1.54, 1.807) is 7.11 Å². The smallest absolute Gasteiger partial charge is 0.138 e. The molecule has 0 aliphatic carbocycles. The van der Waals surface area contributed by atoms with Crippen LogP contribution in [0.1, 0.15) is 17.5 Å². The number of methoxy groups -OCH3 is 1. The fourth-order valence-electron chi connectivity index (χ4n) is 3.69. The van der Waals surface area contributed by atoms with Gasteiger partial charge in [-0.1, -0.05) is 23.2 Å². The Labute approximate surface area is 165 Å². The van der Waals surface area contributed by atoms with Crippen LogP contribution in [0.15, 0.2) is 41.4 Å². The topological polar surface area (TPSA) is 48.9 Å². The zero-order valence-electron chi connectivity index (χ0n) is 15.8. The second kappa shape index (κ2) is 7.89. The Hall–Kier alpha value is -2.08. The number of nitrogens with zero attached hydrogens (tertiary/aromatic N) is 2. The molecule has 0 bridgehead atoms. The first kappa shape index (κ1) is 18.3. The minimum atomic E-state index is 0.393. The van der Waals surface area contributed by atoms with Crippen LogP contribution in [0.5, 0.6) is 0 Å². The Morgan fingerprint density at radius 3 is 2.93 bits per heavy atom. The Balaban J connectivity index is 1.75. The first-order valence-corrected chi connectivity index (χ1v) is 9.75. The van der Waals surface area contributed by atoms with E-state index in [-0.39, 0.29) is 0 Å². The van der Waals surface area contributed by atoms with E-state index in [0.29, 0.717) is 11.1 Å². The highest BCUT2D eigenvalue weighted by Gasteiger charge is 2.26. The molecule has 142 valence electrons. The quantitative estimate of drug-likeness (QED) is 0.836. The van der Waals surface area contributed by atoms with E-state index in [2.05, 4.69) is 40.7 Å². The predicted molar refractivity (Wildman–Crippen MR) is 112 cm³/mol. The van der Waals surface area contributed by atoms with Crippen LogP contribution in [-0.2, 0) is 4.74 Å². The molecule has 2 aliphatic rings. The van der Waals surface area contributed by atoms with Crippen molar-refractivity contribution in [2.75, 3.05) is 38.7 Å². The maximum atomic E-state index is 6.25. The Morgan fingerprint density at radius 2 is 2.07 bits per heavy atom. The third-order valence-electron chi connectivity index (χ3n) is 5.10. The summed E-state index contributed by atoms with van der Waals surface area (Å²) in [5.74, 6) is 1.01. The maximum Gasteiger partial charge on any atom is 0.138 e. The molecule has 2 aromatic carbocycles. The number of hydrogen-bond acceptors (Lipinski definition) is 5. The Morgan fingerprint density at radius 1 is 1.22 bits per heavy atom. The first-order valence-electron chi connectivity index (χ1n) is 9.37. The second-order valence-electron chi connectivity index (χ2n) is 7.15. The van der Waals surface area contributed by atoms with Gasteiger partial charge in [0.15, 0.2) is 0 Å². The van der Waals surface area contributed by atoms with Gasteiger partial charge in [-0.3, -0.25) is 0 Å². The molecule has 2 aromatic rings. The van der Waals surface area contributed by atoms with Gasteiger partial charge < -0.3 is 20.3 Å². The summed E-state index contributed by atoms with van der Waals surface area (Å²) in [6.07, 6.45) is 0.988. The van der Waals surface area contributed by atoms with Gasteiger partial charge in [0.05, 0.1) is 11.4 Å². The largest absolute Gasteiger partial charge is 0.385 e. The van der Waals surface area contributed by atoms with Gasteiger partial charge in [0, 0.05) is 55.7 Å². The number of aliphatic imine (C=N–C) groups is 1. The minimum absolute atomic E-state index is 0.393. The molecule has 0 radical (unpaired) electrons. The van der Waals surface area contributed by atoms with Gasteiger partial charge in [0.25, 0.3) is 0 Å². The summed E-state index contributed by atoms with van der Waals surface area (Å²) < 4.78 is 5.26. The minimum Gasteiger partial charge on any atom is -0.385 e. The number of fused-ring (bicyclic) bond motifs is 2. The standard InChI is InChI=1S/C21H25ClN4O/c1-14-3-5-18-17(11-14)21(25-20-12-15(22)4-6-19(20)24-18)26-9-8-23-16(13-26)7-10-27-2/h3-6,11-12,16,23-24H,7-10,13H2,1-2H3. The van der Waals surface area contributed by atoms with Crippen LogP contribution in [0.3, 0.4) is 0 Å². The van der Waals surface area contributed by atoms with E-state index in [4.69, 9.17) is 21.3 Å². The fourth-order valence-corrected chi connectivity index (χ4v) is 3.85. The molecular weight excluding hydrogens is 360 g/mol. The second-order valence-corrected chi connectivity index (χ2v) is 7.59. The van der Waals surface area contributed by atoms with Crippen LogP contribution in [-0.4, -0.2) is 50.1 Å². The van der Waals surface area contributed by atoms with E-state index in [0.717, 1.165) is 61.1 Å². The number of halogens is 1. The molecule has 0 amide bonds. The van der Waals surface area contributed by atoms with Crippen LogP contribution in [0.25, 0.3) is 0 Å². The summed E-state index contributed by atoms with van der Waals surface area (Å²) in [6.45, 7) is 5.64. The third kappa shape index (κ3) is 3.95. The molecule has 2 heterocycles. The summed E-state index contributed by atoms with van der Waals surface area (Å²) in [4.78, 5) is 7.44. The van der Waals surface area contributed by atoms with Gasteiger partial charge in [-0.15, -0.1) is 0 Å². The molecule has 1 atom stereocenters. The molecule has 0 spiro atoms. The van der Waals surface area contributed by atoms with E-state index in [1.807, 2.05) is 18.2 Å². The molecule has 27 heavy (non-hydrogen) atoms. The monoisotopic (exact) mass is 384 g/mol. The molecule has 0 aromatic heterocycles. The van der Waals surface area contributed by atoms with Crippen molar-refractivity contribution in [1.29, 1.82) is 0 Å². The number of hydrogen-bond donors (Lipinski definition) is 2. The molecule has 0 saturated carbocycles. The van der Waals surface area contributed by atoms with Crippen molar-refractivity contribution in [1.82, 2.24) is 10.2 Å². The average Bonchev–Trinajstić information content (AvgIpc) is 2.83. The van der Waals surface area contributed by atoms with Crippen molar-refractivity contribution >= 4 is 34.5 Å². The summed E-state index contributed by atoms with van der Waals surface area (Å²) in [5, 5.41) is 7.82. The number of piperazine rings is 1. The summed E-state index contributed by atoms with van der Waals surface area (Å²) >= 11 is 6.25. The Bertz CT molecular complexity index is 867. The maximum absolute atomic E-state index is 6.25. The first-order chi connectivity index (χ1) is 13.1. The third-order valence-corrected chi connectivity index (χ3v) is 5.33. The fraction of sp³-hybridized carbons (Fsp3) is 0.381. The lowest BCUT2D eigenvalue weighted by Gasteiger charge is -2.36. The number of anilines is 2. The van der Waals surface area contributed by atoms with Gasteiger partial charge in [-0.2, -0.15) is 0 Å². The normalized spacial score (nSPS) is 18.9. The highest BCUT2D eigenvalue weighted by molar-refractivity contribution is 6.31. The van der Waals surface area contributed by atoms with Crippen LogP contribution < -0.4 is 10.6 Å². The van der Waals surface area contributed by atoms with Crippen molar-refractivity contribution in [2.45, 2.75) is 19.4 Å². The van der Waals surface area contributed by atoms with Gasteiger partial charge in [0.2, 0.25) is 0 Å².